The molecule has 298 valence electrons. The number of alkyl halides is 3. The summed E-state index contributed by atoms with van der Waals surface area (Å²) in [7, 11) is 0. The fourth-order valence-electron chi connectivity index (χ4n) is 3.88. The number of aromatic nitrogens is 4. The Morgan fingerprint density at radius 2 is 1.43 bits per heavy atom. The van der Waals surface area contributed by atoms with E-state index >= 15 is 0 Å². The summed E-state index contributed by atoms with van der Waals surface area (Å²) >= 11 is 0. The van der Waals surface area contributed by atoms with E-state index in [0.29, 0.717) is 64.2 Å². The number of carboxylic acids is 2. The van der Waals surface area contributed by atoms with Crippen molar-refractivity contribution < 1.29 is 66.2 Å². The number of nitrogens with one attached hydrogen (secondary N) is 3. The molecule has 0 spiro atoms. The molecule has 20 nitrogen and oxygen atoms in total. The third-order valence-electron chi connectivity index (χ3n) is 6.46. The van der Waals surface area contributed by atoms with Gasteiger partial charge in [-0.1, -0.05) is 0 Å². The van der Waals surface area contributed by atoms with Crippen LogP contribution in [0.4, 0.5) is 24.8 Å². The van der Waals surface area contributed by atoms with Crippen molar-refractivity contribution in [3.63, 3.8) is 0 Å². The summed E-state index contributed by atoms with van der Waals surface area (Å²) < 4.78 is 58.0. The lowest BCUT2D eigenvalue weighted by Gasteiger charge is -2.15. The molecule has 54 heavy (non-hydrogen) atoms. The first kappa shape index (κ1) is 44.7. The molecule has 0 saturated carbocycles. The van der Waals surface area contributed by atoms with Gasteiger partial charge < -0.3 is 56.0 Å². The average Bonchev–Trinajstić information content (AvgIpc) is 3.12. The molecule has 23 heteroatoms. The molecule has 0 saturated heterocycles. The number of carboxylic acid groups (broad SMARTS) is 2. The van der Waals surface area contributed by atoms with E-state index in [9.17, 15) is 37.5 Å². The predicted octanol–water partition coefficient (Wildman–Crippen LogP) is 0.0722. The van der Waals surface area contributed by atoms with Crippen LogP contribution >= 0.6 is 0 Å². The van der Waals surface area contributed by atoms with Gasteiger partial charge in [-0.05, 0) is 30.7 Å². The van der Waals surface area contributed by atoms with Gasteiger partial charge in [-0.3, -0.25) is 19.4 Å². The molecule has 0 fully saturated rings. The van der Waals surface area contributed by atoms with E-state index in [0.717, 1.165) is 0 Å². The Bertz CT molecular complexity index is 1700. The number of anilines is 2. The number of fused-ring (bicyclic) bond motifs is 1. The van der Waals surface area contributed by atoms with Gasteiger partial charge in [0.05, 0.1) is 71.3 Å². The minimum Gasteiger partial charge on any atom is -0.480 e. The molecule has 1 unspecified atom stereocenters. The number of aromatic amines is 1. The van der Waals surface area contributed by atoms with Gasteiger partial charge >= 0.3 is 24.1 Å². The minimum absolute atomic E-state index is 0.00666. The highest BCUT2D eigenvalue weighted by molar-refractivity contribution is 5.97. The normalized spacial score (nSPS) is 11.6. The number of nitrogens with two attached hydrogens (primary N) is 2. The topological polar surface area (TPSA) is 303 Å². The van der Waals surface area contributed by atoms with Crippen molar-refractivity contribution in [1.29, 1.82) is 0 Å². The van der Waals surface area contributed by atoms with Gasteiger partial charge in [0.1, 0.15) is 12.6 Å². The van der Waals surface area contributed by atoms with Crippen molar-refractivity contribution in [3.8, 4) is 0 Å². The maximum atomic E-state index is 12.7. The summed E-state index contributed by atoms with van der Waals surface area (Å²) in [5, 5.41) is 22.2. The number of carbonyl (C=O) groups excluding carboxylic acids is 2. The van der Waals surface area contributed by atoms with Crippen molar-refractivity contribution in [2.24, 2.45) is 5.73 Å². The van der Waals surface area contributed by atoms with Crippen LogP contribution in [0.15, 0.2) is 35.3 Å². The molecule has 0 radical (unpaired) electrons. The van der Waals surface area contributed by atoms with Crippen molar-refractivity contribution in [3.05, 3.63) is 52.1 Å². The summed E-state index contributed by atoms with van der Waals surface area (Å²) in [6.45, 7) is 3.76. The summed E-state index contributed by atoms with van der Waals surface area (Å²) in [4.78, 5) is 72.0. The number of nitrogens with zero attached hydrogens (tertiary/aromatic N) is 3. The van der Waals surface area contributed by atoms with Crippen molar-refractivity contribution in [2.75, 3.05) is 77.1 Å². The number of ether oxygens (including phenoxy) is 5. The van der Waals surface area contributed by atoms with Crippen LogP contribution in [0.3, 0.4) is 0 Å². The second-order valence-electron chi connectivity index (χ2n) is 10.6. The van der Waals surface area contributed by atoms with E-state index in [-0.39, 0.29) is 55.3 Å². The van der Waals surface area contributed by atoms with Crippen molar-refractivity contribution in [1.82, 2.24) is 25.3 Å². The second-order valence-corrected chi connectivity index (χ2v) is 10.6. The molecule has 2 aromatic heterocycles. The molecule has 2 heterocycles. The van der Waals surface area contributed by atoms with E-state index < -0.39 is 41.6 Å². The monoisotopic (exact) mass is 774 g/mol. The maximum absolute atomic E-state index is 12.7. The Kier molecular flexibility index (Phi) is 19.8. The molecule has 1 amide bonds. The van der Waals surface area contributed by atoms with Crippen LogP contribution < -0.4 is 27.7 Å². The van der Waals surface area contributed by atoms with Gasteiger partial charge in [0.15, 0.2) is 11.2 Å². The first-order valence-electron chi connectivity index (χ1n) is 16.1. The second kappa shape index (κ2) is 23.9. The number of esters is 1. The first-order valence-corrected chi connectivity index (χ1v) is 16.1. The highest BCUT2D eigenvalue weighted by Gasteiger charge is 2.38. The van der Waals surface area contributed by atoms with Crippen LogP contribution in [0.5, 0.6) is 0 Å². The van der Waals surface area contributed by atoms with Gasteiger partial charge in [0.25, 0.3) is 11.5 Å². The van der Waals surface area contributed by atoms with Gasteiger partial charge in [-0.25, -0.2) is 19.6 Å². The third-order valence-corrected chi connectivity index (χ3v) is 6.46. The number of halogens is 3. The Hall–Kier alpha value is -5.49. The maximum Gasteiger partial charge on any atom is 0.490 e. The lowest BCUT2D eigenvalue weighted by molar-refractivity contribution is -0.192. The Balaban J connectivity index is 0.00000131. The molecular weight excluding hydrogens is 733 g/mol. The van der Waals surface area contributed by atoms with Crippen LogP contribution in [0.1, 0.15) is 28.9 Å². The lowest BCUT2D eigenvalue weighted by Crippen LogP contribution is -2.41. The first-order chi connectivity index (χ1) is 25.7. The highest BCUT2D eigenvalue weighted by atomic mass is 19.4. The quantitative estimate of drug-likeness (QED) is 0.0495. The third kappa shape index (κ3) is 17.8. The van der Waals surface area contributed by atoms with Crippen LogP contribution in [0.25, 0.3) is 11.2 Å². The number of rotatable bonds is 23. The smallest absolute Gasteiger partial charge is 0.480 e. The number of aliphatic carboxylic acids is 2. The van der Waals surface area contributed by atoms with E-state index in [1.54, 1.807) is 12.1 Å². The highest BCUT2D eigenvalue weighted by Crippen LogP contribution is 2.14. The summed E-state index contributed by atoms with van der Waals surface area (Å²) in [5.41, 5.74) is 11.8. The van der Waals surface area contributed by atoms with Crippen LogP contribution in [-0.2, 0) is 44.6 Å². The zero-order valence-electron chi connectivity index (χ0n) is 28.8. The van der Waals surface area contributed by atoms with E-state index in [1.165, 1.54) is 18.3 Å². The van der Waals surface area contributed by atoms with Crippen LogP contribution in [-0.4, -0.2) is 132 Å². The molecule has 3 aromatic rings. The largest absolute Gasteiger partial charge is 0.490 e. The Labute approximate surface area is 304 Å². The number of hydrogen-bond acceptors (Lipinski definition) is 16. The Morgan fingerprint density at radius 3 is 1.96 bits per heavy atom. The number of hydrogen-bond donors (Lipinski definition) is 7. The molecule has 3 rings (SSSR count). The zero-order chi connectivity index (χ0) is 39.9. The van der Waals surface area contributed by atoms with E-state index in [4.69, 9.17) is 45.1 Å². The molecule has 0 aliphatic rings. The Morgan fingerprint density at radius 1 is 0.870 bits per heavy atom. The number of H-pyrrole nitrogens is 1. The van der Waals surface area contributed by atoms with Gasteiger partial charge in [-0.15, -0.1) is 0 Å². The van der Waals surface area contributed by atoms with E-state index in [2.05, 4.69) is 30.6 Å². The molecule has 9 N–H and O–H groups in total. The molecule has 0 aliphatic carbocycles. The number of carbonyl (C=O) groups is 4. The molecule has 1 atom stereocenters. The number of amides is 1. The lowest BCUT2D eigenvalue weighted by atomic mass is 10.1. The molecular formula is C31H41F3N8O12. The minimum atomic E-state index is -5.08. The zero-order valence-corrected chi connectivity index (χ0v) is 28.8. The predicted molar refractivity (Wildman–Crippen MR) is 181 cm³/mol. The standard InChI is InChI=1S/C29H40N8O10.C2HF3O2/c30-7-8-43-9-10-44-11-12-45-13-14-46-15-16-47-23(38)6-5-22(28(41)42)35-26(39)19-1-3-20(4-2-19)32-17-21-18-33-25-24(34-21)27(40)37-29(31)36-25;3-2(4,5)1(6)7/h1-4,18,22,32H,5-17,30H2,(H,35,39)(H,41,42)(H3,31,33,36,37,40);(H,6,7). The molecule has 0 bridgehead atoms. The summed E-state index contributed by atoms with van der Waals surface area (Å²) in [6.07, 6.45) is -4.00. The van der Waals surface area contributed by atoms with Crippen molar-refractivity contribution >= 4 is 46.6 Å². The fraction of sp³-hybridized carbons (Fsp3) is 0.484. The summed E-state index contributed by atoms with van der Waals surface area (Å²) in [6, 6.07) is 4.96. The SMILES string of the molecule is NCCOCCOCCOCCOCCOC(=O)CCC(NC(=O)c1ccc(NCc2cnc3nc(N)[nH]c(=O)c3n2)cc1)C(=O)O.O=C(O)C(F)(F)F. The number of benzene rings is 1. The van der Waals surface area contributed by atoms with Crippen LogP contribution in [0, 0.1) is 0 Å². The molecule has 0 aliphatic heterocycles. The summed E-state index contributed by atoms with van der Waals surface area (Å²) in [5.74, 6) is -5.34. The number of nitrogen functional groups attached to an aromatic ring is 1. The van der Waals surface area contributed by atoms with E-state index in [1.807, 2.05) is 0 Å². The molecule has 1 aromatic carbocycles. The van der Waals surface area contributed by atoms with Gasteiger partial charge in [-0.2, -0.15) is 18.2 Å². The van der Waals surface area contributed by atoms with Crippen molar-refractivity contribution in [2.45, 2.75) is 31.6 Å². The fourth-order valence-corrected chi connectivity index (χ4v) is 3.88. The van der Waals surface area contributed by atoms with Gasteiger partial charge in [0, 0.05) is 24.2 Å². The average molecular weight is 775 g/mol. The van der Waals surface area contributed by atoms with Crippen LogP contribution in [0.2, 0.25) is 0 Å². The van der Waals surface area contributed by atoms with Gasteiger partial charge in [0.2, 0.25) is 5.95 Å².